The standard InChI is InChI=1S/C29H29ClF2N4O6S2/c1-35(29(37)38)21(12-18-4-7-20(31)8-5-18)16-34-25-15-24(32)27(14-23(25)30)44(39,40)36(28-33-10-11-43-28)17-19-6-9-22(41-2)13-26(19)42-3/h4-11,13-15,21,34H,12,16-17H2,1-3H3,(H,37,38). The minimum Gasteiger partial charge on any atom is -0.497 e. The Morgan fingerprint density at radius 3 is 2.45 bits per heavy atom. The lowest BCUT2D eigenvalue weighted by atomic mass is 10.0. The number of nitrogens with one attached hydrogen (secondary N) is 1. The summed E-state index contributed by atoms with van der Waals surface area (Å²) >= 11 is 7.50. The van der Waals surface area contributed by atoms with Crippen LogP contribution in [0.15, 0.2) is 71.1 Å². The third-order valence-electron chi connectivity index (χ3n) is 6.79. The first-order valence-electron chi connectivity index (χ1n) is 13.0. The highest BCUT2D eigenvalue weighted by molar-refractivity contribution is 7.93. The molecule has 3 aromatic carbocycles. The normalized spacial score (nSPS) is 12.0. The largest absolute Gasteiger partial charge is 0.497 e. The van der Waals surface area contributed by atoms with E-state index in [4.69, 9.17) is 21.1 Å². The van der Waals surface area contributed by atoms with Gasteiger partial charge in [0, 0.05) is 36.8 Å². The zero-order valence-corrected chi connectivity index (χ0v) is 26.2. The Labute approximate surface area is 262 Å². The summed E-state index contributed by atoms with van der Waals surface area (Å²) in [4.78, 5) is 16.2. The fraction of sp³-hybridized carbons (Fsp3) is 0.241. The number of benzene rings is 3. The van der Waals surface area contributed by atoms with Crippen LogP contribution < -0.4 is 19.1 Å². The maximum atomic E-state index is 15.6. The average molecular weight is 667 g/mol. The Hall–Kier alpha value is -4.14. The van der Waals surface area contributed by atoms with E-state index in [1.54, 1.807) is 35.7 Å². The van der Waals surface area contributed by atoms with Crippen LogP contribution in [0.3, 0.4) is 0 Å². The molecule has 0 saturated heterocycles. The number of amides is 1. The number of methoxy groups -OCH3 is 2. The molecule has 44 heavy (non-hydrogen) atoms. The summed E-state index contributed by atoms with van der Waals surface area (Å²) in [7, 11) is -0.244. The molecule has 0 spiro atoms. The van der Waals surface area contributed by atoms with E-state index in [0.29, 0.717) is 22.6 Å². The first kappa shape index (κ1) is 32.8. The zero-order chi connectivity index (χ0) is 32.0. The monoisotopic (exact) mass is 666 g/mol. The number of hydrogen-bond donors (Lipinski definition) is 2. The van der Waals surface area contributed by atoms with Gasteiger partial charge in [0.05, 0.1) is 37.5 Å². The van der Waals surface area contributed by atoms with Gasteiger partial charge in [-0.3, -0.25) is 0 Å². The van der Waals surface area contributed by atoms with Crippen molar-refractivity contribution in [3.63, 3.8) is 0 Å². The molecule has 0 radical (unpaired) electrons. The molecule has 1 atom stereocenters. The Morgan fingerprint density at radius 2 is 1.84 bits per heavy atom. The second-order valence-electron chi connectivity index (χ2n) is 9.53. The Kier molecular flexibility index (Phi) is 10.5. The van der Waals surface area contributed by atoms with Gasteiger partial charge in [-0.1, -0.05) is 23.7 Å². The molecule has 1 amide bonds. The van der Waals surface area contributed by atoms with Crippen LogP contribution in [0.5, 0.6) is 11.5 Å². The Bertz CT molecular complexity index is 1710. The number of carboxylic acid groups (broad SMARTS) is 1. The number of nitrogens with zero attached hydrogens (tertiary/aromatic N) is 3. The number of carbonyl (C=O) groups is 1. The lowest BCUT2D eigenvalue weighted by Gasteiger charge is -2.27. The molecule has 0 aliphatic heterocycles. The predicted octanol–water partition coefficient (Wildman–Crippen LogP) is 6.12. The maximum Gasteiger partial charge on any atom is 0.407 e. The van der Waals surface area contributed by atoms with Crippen molar-refractivity contribution in [2.24, 2.45) is 0 Å². The van der Waals surface area contributed by atoms with E-state index >= 15 is 4.39 Å². The number of thiazole rings is 1. The zero-order valence-electron chi connectivity index (χ0n) is 23.8. The molecule has 10 nitrogen and oxygen atoms in total. The second kappa shape index (κ2) is 14.1. The summed E-state index contributed by atoms with van der Waals surface area (Å²) in [5.74, 6) is -0.643. The van der Waals surface area contributed by atoms with E-state index in [1.165, 1.54) is 39.6 Å². The molecular formula is C29H29ClF2N4O6S2. The third-order valence-corrected chi connectivity index (χ3v) is 9.77. The van der Waals surface area contributed by atoms with Crippen LogP contribution in [0.2, 0.25) is 5.02 Å². The number of anilines is 2. The fourth-order valence-corrected chi connectivity index (χ4v) is 6.97. The van der Waals surface area contributed by atoms with Crippen LogP contribution in [0.4, 0.5) is 24.4 Å². The van der Waals surface area contributed by atoms with Gasteiger partial charge in [0.15, 0.2) is 5.13 Å². The second-order valence-corrected chi connectivity index (χ2v) is 12.6. The van der Waals surface area contributed by atoms with E-state index in [9.17, 15) is 22.7 Å². The van der Waals surface area contributed by atoms with Crippen molar-refractivity contribution in [1.82, 2.24) is 9.88 Å². The summed E-state index contributed by atoms with van der Waals surface area (Å²) in [6.07, 6.45) is 0.453. The van der Waals surface area contributed by atoms with Crippen molar-refractivity contribution in [2.45, 2.75) is 23.9 Å². The first-order chi connectivity index (χ1) is 20.9. The van der Waals surface area contributed by atoms with Crippen molar-refractivity contribution >= 4 is 49.9 Å². The molecule has 4 aromatic rings. The molecule has 15 heteroatoms. The first-order valence-corrected chi connectivity index (χ1v) is 15.7. The van der Waals surface area contributed by atoms with E-state index in [0.717, 1.165) is 32.7 Å². The molecule has 1 unspecified atom stereocenters. The van der Waals surface area contributed by atoms with E-state index < -0.39 is 38.7 Å². The minimum absolute atomic E-state index is 0.00601. The molecule has 4 rings (SSSR count). The van der Waals surface area contributed by atoms with Crippen LogP contribution in [0, 0.1) is 11.6 Å². The molecule has 0 bridgehead atoms. The fourth-order valence-electron chi connectivity index (χ4n) is 4.33. The summed E-state index contributed by atoms with van der Waals surface area (Å²) in [5, 5.41) is 14.1. The highest BCUT2D eigenvalue weighted by Crippen LogP contribution is 2.35. The summed E-state index contributed by atoms with van der Waals surface area (Å²) in [5.41, 5.74) is 1.22. The van der Waals surface area contributed by atoms with Gasteiger partial charge in [-0.2, -0.15) is 0 Å². The lowest BCUT2D eigenvalue weighted by molar-refractivity contribution is 0.140. The van der Waals surface area contributed by atoms with Gasteiger partial charge in [-0.25, -0.2) is 31.3 Å². The Morgan fingerprint density at radius 1 is 1.11 bits per heavy atom. The predicted molar refractivity (Wildman–Crippen MR) is 165 cm³/mol. The molecule has 0 aliphatic rings. The minimum atomic E-state index is -4.54. The molecule has 0 saturated carbocycles. The molecule has 0 aliphatic carbocycles. The van der Waals surface area contributed by atoms with Crippen molar-refractivity contribution in [3.05, 3.63) is 94.0 Å². The summed E-state index contributed by atoms with van der Waals surface area (Å²) in [6.45, 7) is -0.236. The van der Waals surface area contributed by atoms with Gasteiger partial charge in [-0.15, -0.1) is 11.3 Å². The Balaban J connectivity index is 1.62. The highest BCUT2D eigenvalue weighted by atomic mass is 35.5. The van der Waals surface area contributed by atoms with Crippen LogP contribution in [-0.4, -0.2) is 63.4 Å². The number of sulfonamides is 1. The topological polar surface area (TPSA) is 121 Å². The van der Waals surface area contributed by atoms with Gasteiger partial charge in [0.25, 0.3) is 10.0 Å². The molecular weight excluding hydrogens is 638 g/mol. The summed E-state index contributed by atoms with van der Waals surface area (Å²) in [6, 6.07) is 11.8. The van der Waals surface area contributed by atoms with Crippen LogP contribution in [0.25, 0.3) is 0 Å². The molecule has 1 heterocycles. The molecule has 1 aromatic heterocycles. The smallest absolute Gasteiger partial charge is 0.407 e. The molecule has 0 fully saturated rings. The van der Waals surface area contributed by atoms with Gasteiger partial charge in [-0.05, 0) is 48.4 Å². The van der Waals surface area contributed by atoms with Gasteiger partial charge in [0.2, 0.25) is 0 Å². The number of aromatic nitrogens is 1. The third kappa shape index (κ3) is 7.49. The van der Waals surface area contributed by atoms with Crippen molar-refractivity contribution in [3.8, 4) is 11.5 Å². The van der Waals surface area contributed by atoms with E-state index in [1.807, 2.05) is 0 Å². The lowest BCUT2D eigenvalue weighted by Crippen LogP contribution is -2.42. The number of halogens is 3. The number of ether oxygens (including phenoxy) is 2. The van der Waals surface area contributed by atoms with Crippen LogP contribution in [-0.2, 0) is 23.0 Å². The summed E-state index contributed by atoms with van der Waals surface area (Å²) < 4.78 is 68.4. The molecule has 234 valence electrons. The van der Waals surface area contributed by atoms with Crippen LogP contribution >= 0.6 is 22.9 Å². The quantitative estimate of drug-likeness (QED) is 0.175. The average Bonchev–Trinajstić information content (AvgIpc) is 3.54. The van der Waals surface area contributed by atoms with E-state index in [-0.39, 0.29) is 35.4 Å². The SMILES string of the molecule is COc1ccc(CN(c2nccs2)S(=O)(=O)c2cc(Cl)c(NCC(Cc3ccc(F)cc3)N(C)C(=O)O)cc2F)c(OC)c1. The van der Waals surface area contributed by atoms with Crippen molar-refractivity contribution in [2.75, 3.05) is 37.4 Å². The maximum absolute atomic E-state index is 15.6. The van der Waals surface area contributed by atoms with E-state index in [2.05, 4.69) is 10.3 Å². The number of rotatable bonds is 13. The van der Waals surface area contributed by atoms with Gasteiger partial charge >= 0.3 is 6.09 Å². The van der Waals surface area contributed by atoms with Crippen molar-refractivity contribution < 1.29 is 36.6 Å². The highest BCUT2D eigenvalue weighted by Gasteiger charge is 2.32. The van der Waals surface area contributed by atoms with Crippen LogP contribution in [0.1, 0.15) is 11.1 Å². The number of hydrogen-bond acceptors (Lipinski definition) is 8. The van der Waals surface area contributed by atoms with Crippen molar-refractivity contribution in [1.29, 1.82) is 0 Å². The van der Waals surface area contributed by atoms with Gasteiger partial charge < -0.3 is 24.8 Å². The molecule has 2 N–H and O–H groups in total. The van der Waals surface area contributed by atoms with Gasteiger partial charge in [0.1, 0.15) is 28.0 Å². The number of likely N-dealkylation sites (N-methyl/N-ethyl adjacent to an activating group) is 1.